The summed E-state index contributed by atoms with van der Waals surface area (Å²) in [6.45, 7) is 0.940. The molecule has 0 aromatic heterocycles. The van der Waals surface area contributed by atoms with E-state index in [0.29, 0.717) is 18.2 Å². The van der Waals surface area contributed by atoms with Gasteiger partial charge in [0.2, 0.25) is 0 Å². The lowest BCUT2D eigenvalue weighted by atomic mass is 10.1. The third-order valence-corrected chi connectivity index (χ3v) is 3.30. The fraction of sp³-hybridized carbons (Fsp3) is 0.462. The molecule has 0 spiro atoms. The molecular formula is C13H15ClN2O5. The number of benzene rings is 1. The summed E-state index contributed by atoms with van der Waals surface area (Å²) < 4.78 is 10.4. The minimum absolute atomic E-state index is 0.0189. The minimum Gasteiger partial charge on any atom is -0.477 e. The van der Waals surface area contributed by atoms with Crippen molar-refractivity contribution in [1.29, 1.82) is 0 Å². The lowest BCUT2D eigenvalue weighted by Crippen LogP contribution is -2.41. The van der Waals surface area contributed by atoms with Crippen molar-refractivity contribution >= 4 is 23.2 Å². The number of nitro groups is 1. The Hall–Kier alpha value is -1.86. The molecular weight excluding hydrogens is 300 g/mol. The van der Waals surface area contributed by atoms with Crippen molar-refractivity contribution in [3.8, 4) is 5.75 Å². The first-order chi connectivity index (χ1) is 10.1. The Morgan fingerprint density at radius 3 is 2.86 bits per heavy atom. The number of rotatable bonds is 5. The summed E-state index contributed by atoms with van der Waals surface area (Å²) in [5, 5.41) is 14.0. The smallest absolute Gasteiger partial charge is 0.311 e. The molecule has 1 fully saturated rings. The van der Waals surface area contributed by atoms with E-state index in [1.807, 2.05) is 0 Å². The second-order valence-corrected chi connectivity index (χ2v) is 5.05. The van der Waals surface area contributed by atoms with Crippen molar-refractivity contribution in [3.05, 3.63) is 33.3 Å². The van der Waals surface area contributed by atoms with Gasteiger partial charge in [0.05, 0.1) is 4.92 Å². The first-order valence-corrected chi connectivity index (χ1v) is 6.88. The fourth-order valence-electron chi connectivity index (χ4n) is 2.01. The SMILES string of the molecule is O=C(COc1cc(Cl)ccc1[N+](=O)[O-])NC1CCOCC1. The Balaban J connectivity index is 1.91. The van der Waals surface area contributed by atoms with E-state index in [9.17, 15) is 14.9 Å². The van der Waals surface area contributed by atoms with Crippen molar-refractivity contribution < 1.29 is 19.2 Å². The summed E-state index contributed by atoms with van der Waals surface area (Å²) in [5.74, 6) is -0.342. The first-order valence-electron chi connectivity index (χ1n) is 6.50. The molecule has 0 bridgehead atoms. The summed E-state index contributed by atoms with van der Waals surface area (Å²) in [6, 6.07) is 4.02. The molecule has 7 nitrogen and oxygen atoms in total. The molecule has 0 aliphatic carbocycles. The standard InChI is InChI=1S/C13H15ClN2O5/c14-9-1-2-11(16(18)19)12(7-9)21-8-13(17)15-10-3-5-20-6-4-10/h1-2,7,10H,3-6,8H2,(H,15,17). The van der Waals surface area contributed by atoms with E-state index in [1.165, 1.54) is 18.2 Å². The maximum absolute atomic E-state index is 11.8. The number of halogens is 1. The molecule has 1 aromatic carbocycles. The van der Waals surface area contributed by atoms with Crippen molar-refractivity contribution in [3.63, 3.8) is 0 Å². The molecule has 1 amide bonds. The summed E-state index contributed by atoms with van der Waals surface area (Å²) in [5.41, 5.74) is -0.224. The molecule has 8 heteroatoms. The van der Waals surface area contributed by atoms with Gasteiger partial charge in [-0.05, 0) is 18.9 Å². The van der Waals surface area contributed by atoms with Crippen LogP contribution in [0, 0.1) is 10.1 Å². The zero-order valence-corrected chi connectivity index (χ0v) is 12.0. The van der Waals surface area contributed by atoms with Crippen molar-refractivity contribution in [2.75, 3.05) is 19.8 Å². The molecule has 1 saturated heterocycles. The average molecular weight is 315 g/mol. The van der Waals surface area contributed by atoms with Gasteiger partial charge >= 0.3 is 5.69 Å². The van der Waals surface area contributed by atoms with E-state index in [4.69, 9.17) is 21.1 Å². The molecule has 0 saturated carbocycles. The van der Waals surface area contributed by atoms with Gasteiger partial charge in [0.1, 0.15) is 0 Å². The van der Waals surface area contributed by atoms with Gasteiger partial charge in [-0.15, -0.1) is 0 Å². The Bertz CT molecular complexity index is 531. The van der Waals surface area contributed by atoms with Crippen LogP contribution in [0.5, 0.6) is 5.75 Å². The Kier molecular flexibility index (Phi) is 5.35. The highest BCUT2D eigenvalue weighted by Gasteiger charge is 2.19. The van der Waals surface area contributed by atoms with Crippen molar-refractivity contribution in [1.82, 2.24) is 5.32 Å². The first kappa shape index (κ1) is 15.5. The van der Waals surface area contributed by atoms with Crippen LogP contribution in [0.4, 0.5) is 5.69 Å². The normalized spacial score (nSPS) is 15.5. The number of hydrogen-bond acceptors (Lipinski definition) is 5. The van der Waals surface area contributed by atoms with Gasteiger partial charge in [0.25, 0.3) is 5.91 Å². The zero-order valence-electron chi connectivity index (χ0n) is 11.2. The number of amides is 1. The fourth-order valence-corrected chi connectivity index (χ4v) is 2.17. The highest BCUT2D eigenvalue weighted by Crippen LogP contribution is 2.29. The number of carbonyl (C=O) groups excluding carboxylic acids is 1. The maximum Gasteiger partial charge on any atom is 0.311 e. The summed E-state index contributed by atoms with van der Waals surface area (Å²) >= 11 is 5.78. The van der Waals surface area contributed by atoms with E-state index in [2.05, 4.69) is 5.32 Å². The number of nitrogens with one attached hydrogen (secondary N) is 1. The van der Waals surface area contributed by atoms with Gasteiger partial charge in [-0.1, -0.05) is 11.6 Å². The molecule has 2 rings (SSSR count). The molecule has 1 heterocycles. The van der Waals surface area contributed by atoms with E-state index >= 15 is 0 Å². The van der Waals surface area contributed by atoms with Gasteiger partial charge in [-0.3, -0.25) is 14.9 Å². The van der Waals surface area contributed by atoms with Crippen molar-refractivity contribution in [2.24, 2.45) is 0 Å². The van der Waals surface area contributed by atoms with Crippen LogP contribution in [0.3, 0.4) is 0 Å². The third-order valence-electron chi connectivity index (χ3n) is 3.06. The quantitative estimate of drug-likeness (QED) is 0.662. The van der Waals surface area contributed by atoms with Gasteiger partial charge in [0, 0.05) is 36.4 Å². The molecule has 1 aromatic rings. The van der Waals surface area contributed by atoms with Crippen LogP contribution in [0.25, 0.3) is 0 Å². The Morgan fingerprint density at radius 1 is 1.48 bits per heavy atom. The molecule has 114 valence electrons. The van der Waals surface area contributed by atoms with Gasteiger partial charge in [-0.2, -0.15) is 0 Å². The predicted octanol–water partition coefficient (Wildman–Crippen LogP) is 1.92. The van der Waals surface area contributed by atoms with Crippen LogP contribution in [-0.4, -0.2) is 36.7 Å². The highest BCUT2D eigenvalue weighted by molar-refractivity contribution is 6.30. The van der Waals surface area contributed by atoms with E-state index in [1.54, 1.807) is 0 Å². The van der Waals surface area contributed by atoms with Crippen LogP contribution in [0.2, 0.25) is 5.02 Å². The molecule has 1 N–H and O–H groups in total. The maximum atomic E-state index is 11.8. The van der Waals surface area contributed by atoms with Gasteiger partial charge < -0.3 is 14.8 Å². The van der Waals surface area contributed by atoms with Crippen LogP contribution >= 0.6 is 11.6 Å². The van der Waals surface area contributed by atoms with Gasteiger partial charge in [-0.25, -0.2) is 0 Å². The summed E-state index contributed by atoms with van der Waals surface area (Å²) in [4.78, 5) is 22.1. The topological polar surface area (TPSA) is 90.7 Å². The number of nitrogens with zero attached hydrogens (tertiary/aromatic N) is 1. The van der Waals surface area contributed by atoms with E-state index in [0.717, 1.165) is 12.8 Å². The average Bonchev–Trinajstić information content (AvgIpc) is 2.46. The van der Waals surface area contributed by atoms with E-state index < -0.39 is 4.92 Å². The van der Waals surface area contributed by atoms with Crippen LogP contribution < -0.4 is 10.1 Å². The third kappa shape index (κ3) is 4.57. The van der Waals surface area contributed by atoms with Crippen LogP contribution in [0.1, 0.15) is 12.8 Å². The molecule has 0 atom stereocenters. The summed E-state index contributed by atoms with van der Waals surface area (Å²) in [7, 11) is 0. The summed E-state index contributed by atoms with van der Waals surface area (Å²) in [6.07, 6.45) is 1.51. The monoisotopic (exact) mass is 314 g/mol. The van der Waals surface area contributed by atoms with E-state index in [-0.39, 0.29) is 30.0 Å². The second kappa shape index (κ2) is 7.24. The van der Waals surface area contributed by atoms with Crippen molar-refractivity contribution in [2.45, 2.75) is 18.9 Å². The minimum atomic E-state index is -0.581. The lowest BCUT2D eigenvalue weighted by molar-refractivity contribution is -0.385. The predicted molar refractivity (Wildman–Crippen MR) is 75.6 cm³/mol. The van der Waals surface area contributed by atoms with Crippen LogP contribution in [-0.2, 0) is 9.53 Å². The number of ether oxygens (including phenoxy) is 2. The molecule has 1 aliphatic heterocycles. The Labute approximate surface area is 126 Å². The highest BCUT2D eigenvalue weighted by atomic mass is 35.5. The number of hydrogen-bond donors (Lipinski definition) is 1. The largest absolute Gasteiger partial charge is 0.477 e. The number of nitro benzene ring substituents is 1. The molecule has 1 aliphatic rings. The molecule has 0 unspecified atom stereocenters. The molecule has 21 heavy (non-hydrogen) atoms. The zero-order chi connectivity index (χ0) is 15.2. The van der Waals surface area contributed by atoms with Crippen LogP contribution in [0.15, 0.2) is 18.2 Å². The second-order valence-electron chi connectivity index (χ2n) is 4.61. The molecule has 0 radical (unpaired) electrons. The number of carbonyl (C=O) groups is 1. The lowest BCUT2D eigenvalue weighted by Gasteiger charge is -2.23. The Morgan fingerprint density at radius 2 is 2.19 bits per heavy atom. The van der Waals surface area contributed by atoms with Gasteiger partial charge in [0.15, 0.2) is 12.4 Å².